The summed E-state index contributed by atoms with van der Waals surface area (Å²) in [6, 6.07) is 7.79. The first kappa shape index (κ1) is 16.0. The van der Waals surface area contributed by atoms with Crippen molar-refractivity contribution < 1.29 is 17.4 Å². The molecule has 0 aromatic heterocycles. The van der Waals surface area contributed by atoms with Crippen LogP contribution in [0.4, 0.5) is 0 Å². The van der Waals surface area contributed by atoms with Gasteiger partial charge < -0.3 is 4.18 Å². The van der Waals surface area contributed by atoms with Gasteiger partial charge in [0.2, 0.25) is 0 Å². The van der Waals surface area contributed by atoms with Gasteiger partial charge in [-0.05, 0) is 23.0 Å². The Morgan fingerprint density at radius 3 is 2.48 bits per heavy atom. The SMILES string of the molecule is CC1(C)CC(=O)C=C(OS(=O)(=O)C2=CCc3ccccc3C2)C1. The second-order valence-corrected chi connectivity index (χ2v) is 8.55. The van der Waals surface area contributed by atoms with Crippen molar-refractivity contribution >= 4 is 15.9 Å². The lowest BCUT2D eigenvalue weighted by molar-refractivity contribution is -0.117. The topological polar surface area (TPSA) is 60.4 Å². The van der Waals surface area contributed by atoms with Gasteiger partial charge in [-0.3, -0.25) is 4.79 Å². The molecule has 0 radical (unpaired) electrons. The number of carbonyl (C=O) groups excluding carboxylic acids is 1. The molecule has 122 valence electrons. The third-order valence-corrected chi connectivity index (χ3v) is 5.58. The summed E-state index contributed by atoms with van der Waals surface area (Å²) >= 11 is 0. The Morgan fingerprint density at radius 2 is 1.78 bits per heavy atom. The average Bonchev–Trinajstić information content (AvgIpc) is 2.44. The van der Waals surface area contributed by atoms with Crippen LogP contribution in [0.3, 0.4) is 0 Å². The Morgan fingerprint density at radius 1 is 1.09 bits per heavy atom. The van der Waals surface area contributed by atoms with Crippen LogP contribution in [0.5, 0.6) is 0 Å². The highest BCUT2D eigenvalue weighted by molar-refractivity contribution is 7.90. The van der Waals surface area contributed by atoms with Gasteiger partial charge in [0.15, 0.2) is 5.78 Å². The Balaban J connectivity index is 1.81. The van der Waals surface area contributed by atoms with Gasteiger partial charge in [0.05, 0.1) is 4.91 Å². The summed E-state index contributed by atoms with van der Waals surface area (Å²) in [6.07, 6.45) is 4.80. The van der Waals surface area contributed by atoms with Crippen molar-refractivity contribution in [3.05, 3.63) is 58.2 Å². The largest absolute Gasteiger partial charge is 0.384 e. The van der Waals surface area contributed by atoms with E-state index in [2.05, 4.69) is 0 Å². The lowest BCUT2D eigenvalue weighted by Crippen LogP contribution is -2.24. The van der Waals surface area contributed by atoms with Crippen LogP contribution in [0.25, 0.3) is 0 Å². The van der Waals surface area contributed by atoms with Gasteiger partial charge in [0.1, 0.15) is 5.76 Å². The van der Waals surface area contributed by atoms with Crippen molar-refractivity contribution in [3.63, 3.8) is 0 Å². The van der Waals surface area contributed by atoms with Crippen LogP contribution in [0.1, 0.15) is 37.8 Å². The molecule has 1 aromatic rings. The second-order valence-electron chi connectivity index (χ2n) is 6.95. The highest BCUT2D eigenvalue weighted by Gasteiger charge is 2.32. The first-order valence-corrected chi connectivity index (χ1v) is 9.10. The van der Waals surface area contributed by atoms with Crippen LogP contribution in [0.15, 0.2) is 47.1 Å². The fourth-order valence-corrected chi connectivity index (χ4v) is 4.25. The molecule has 0 saturated heterocycles. The van der Waals surface area contributed by atoms with Gasteiger partial charge in [0, 0.05) is 25.3 Å². The lowest BCUT2D eigenvalue weighted by atomic mass is 9.80. The molecular weight excluding hydrogens is 312 g/mol. The molecule has 23 heavy (non-hydrogen) atoms. The Bertz CT molecular complexity index is 813. The van der Waals surface area contributed by atoms with Gasteiger partial charge >= 0.3 is 10.1 Å². The molecule has 1 aromatic carbocycles. The number of hydrogen-bond donors (Lipinski definition) is 0. The van der Waals surface area contributed by atoms with E-state index < -0.39 is 10.1 Å². The summed E-state index contributed by atoms with van der Waals surface area (Å²) in [7, 11) is -3.86. The van der Waals surface area contributed by atoms with E-state index in [0.29, 0.717) is 25.7 Å². The summed E-state index contributed by atoms with van der Waals surface area (Å²) in [5.41, 5.74) is 1.87. The highest BCUT2D eigenvalue weighted by Crippen LogP contribution is 2.36. The normalized spacial score (nSPS) is 20.3. The Kier molecular flexibility index (Phi) is 3.92. The van der Waals surface area contributed by atoms with Gasteiger partial charge in [-0.1, -0.05) is 44.2 Å². The van der Waals surface area contributed by atoms with E-state index in [1.54, 1.807) is 6.08 Å². The molecule has 0 fully saturated rings. The fourth-order valence-electron chi connectivity index (χ4n) is 3.14. The van der Waals surface area contributed by atoms with Crippen molar-refractivity contribution in [3.8, 4) is 0 Å². The van der Waals surface area contributed by atoms with Crippen molar-refractivity contribution in [2.75, 3.05) is 0 Å². The van der Waals surface area contributed by atoms with E-state index in [9.17, 15) is 13.2 Å². The third-order valence-electron chi connectivity index (χ3n) is 4.20. The first-order chi connectivity index (χ1) is 10.8. The monoisotopic (exact) mass is 332 g/mol. The lowest BCUT2D eigenvalue weighted by Gasteiger charge is -2.28. The maximum Gasteiger partial charge on any atom is 0.335 e. The van der Waals surface area contributed by atoms with Crippen molar-refractivity contribution in [2.24, 2.45) is 5.41 Å². The molecule has 0 unspecified atom stereocenters. The first-order valence-electron chi connectivity index (χ1n) is 7.69. The molecule has 0 bridgehead atoms. The zero-order valence-corrected chi connectivity index (χ0v) is 14.2. The summed E-state index contributed by atoms with van der Waals surface area (Å²) in [5, 5.41) is 0. The number of rotatable bonds is 3. The predicted octanol–water partition coefficient (Wildman–Crippen LogP) is 3.29. The summed E-state index contributed by atoms with van der Waals surface area (Å²) in [6.45, 7) is 3.87. The van der Waals surface area contributed by atoms with E-state index >= 15 is 0 Å². The molecule has 0 heterocycles. The van der Waals surface area contributed by atoms with Crippen LogP contribution in [0.2, 0.25) is 0 Å². The number of carbonyl (C=O) groups is 1. The average molecular weight is 332 g/mol. The van der Waals surface area contributed by atoms with Gasteiger partial charge in [-0.2, -0.15) is 8.42 Å². The summed E-state index contributed by atoms with van der Waals surface area (Å²) in [5.74, 6) is 0.153. The number of allylic oxidation sites excluding steroid dienone is 4. The molecule has 0 amide bonds. The maximum atomic E-state index is 12.5. The molecule has 5 heteroatoms. The second kappa shape index (κ2) is 5.64. The van der Waals surface area contributed by atoms with Crippen LogP contribution < -0.4 is 0 Å². The summed E-state index contributed by atoms with van der Waals surface area (Å²) < 4.78 is 30.4. The molecule has 0 aliphatic heterocycles. The quantitative estimate of drug-likeness (QED) is 0.797. The van der Waals surface area contributed by atoms with Crippen LogP contribution >= 0.6 is 0 Å². The molecular formula is C18H20O4S. The molecule has 0 saturated carbocycles. The van der Waals surface area contributed by atoms with E-state index in [0.717, 1.165) is 11.1 Å². The zero-order chi connectivity index (χ0) is 16.7. The van der Waals surface area contributed by atoms with E-state index in [-0.39, 0.29) is 21.9 Å². The van der Waals surface area contributed by atoms with Crippen molar-refractivity contribution in [1.29, 1.82) is 0 Å². The van der Waals surface area contributed by atoms with E-state index in [4.69, 9.17) is 4.18 Å². The zero-order valence-electron chi connectivity index (χ0n) is 13.3. The Labute approximate surface area is 137 Å². The third kappa shape index (κ3) is 3.55. The van der Waals surface area contributed by atoms with Gasteiger partial charge in [-0.25, -0.2) is 0 Å². The van der Waals surface area contributed by atoms with Crippen LogP contribution in [-0.4, -0.2) is 14.2 Å². The number of fused-ring (bicyclic) bond motifs is 1. The fraction of sp³-hybridized carbons (Fsp3) is 0.389. The van der Waals surface area contributed by atoms with Gasteiger partial charge in [-0.15, -0.1) is 0 Å². The number of ketones is 1. The minimum Gasteiger partial charge on any atom is -0.384 e. The predicted molar refractivity (Wildman–Crippen MR) is 88.0 cm³/mol. The highest BCUT2D eigenvalue weighted by atomic mass is 32.2. The van der Waals surface area contributed by atoms with Crippen LogP contribution in [-0.2, 0) is 31.9 Å². The van der Waals surface area contributed by atoms with Crippen LogP contribution in [0, 0.1) is 5.41 Å². The van der Waals surface area contributed by atoms with Crippen molar-refractivity contribution in [2.45, 2.75) is 39.5 Å². The minimum atomic E-state index is -3.86. The Hall–Kier alpha value is -1.88. The minimum absolute atomic E-state index is 0.0885. The molecule has 0 atom stereocenters. The smallest absolute Gasteiger partial charge is 0.335 e. The van der Waals surface area contributed by atoms with Crippen molar-refractivity contribution in [1.82, 2.24) is 0 Å². The van der Waals surface area contributed by atoms with E-state index in [1.165, 1.54) is 6.08 Å². The molecule has 2 aliphatic rings. The van der Waals surface area contributed by atoms with E-state index in [1.807, 2.05) is 38.1 Å². The molecule has 0 spiro atoms. The molecule has 4 nitrogen and oxygen atoms in total. The number of benzene rings is 1. The maximum absolute atomic E-state index is 12.5. The van der Waals surface area contributed by atoms with Gasteiger partial charge in [0.25, 0.3) is 0 Å². The molecule has 2 aliphatic carbocycles. The standard InChI is InChI=1S/C18H20O4S/c1-18(2)11-15(19)10-16(12-18)22-23(20,21)17-8-7-13-5-3-4-6-14(13)9-17/h3-6,8,10H,7,9,11-12H2,1-2H3. The molecule has 0 N–H and O–H groups in total. The number of hydrogen-bond acceptors (Lipinski definition) is 4. The summed E-state index contributed by atoms with van der Waals surface area (Å²) in [4.78, 5) is 12.0. The molecule has 3 rings (SSSR count).